The Morgan fingerprint density at radius 2 is 0.435 bits per heavy atom. The zero-order valence-corrected chi connectivity index (χ0v) is 28.9. The van der Waals surface area contributed by atoms with Crippen molar-refractivity contribution in [3.05, 3.63) is 193 Å². The minimum Gasteiger partial charge on any atom is -0.344 e. The molecule has 6 aromatic carbocycles. The lowest BCUT2D eigenvalue weighted by atomic mass is 10.3. The highest BCUT2D eigenvalue weighted by Crippen LogP contribution is 2.72. The van der Waals surface area contributed by atoms with Crippen LogP contribution >= 0.6 is 14.5 Å². The fraction of sp³-hybridized carbons (Fsp3) is 0.0952. The molecule has 46 heavy (non-hydrogen) atoms. The van der Waals surface area contributed by atoms with Gasteiger partial charge in [-0.25, -0.2) is 0 Å². The molecule has 0 unspecified atom stereocenters. The van der Waals surface area contributed by atoms with E-state index in [0.29, 0.717) is 0 Å². The Balaban J connectivity index is 1.94. The summed E-state index contributed by atoms with van der Waals surface area (Å²) in [6, 6.07) is 67.4. The van der Waals surface area contributed by atoms with Crippen molar-refractivity contribution in [2.75, 3.05) is 28.2 Å². The van der Waals surface area contributed by atoms with Gasteiger partial charge in [-0.1, -0.05) is 109 Å². The number of hydrogen-bond donors (Lipinski definition) is 0. The second-order valence-electron chi connectivity index (χ2n) is 11.8. The molecule has 0 aliphatic heterocycles. The molecular weight excluding hydrogens is 594 g/mol. The van der Waals surface area contributed by atoms with Gasteiger partial charge in [-0.2, -0.15) is 0 Å². The van der Waals surface area contributed by atoms with E-state index >= 15 is 0 Å². The van der Waals surface area contributed by atoms with E-state index in [1.54, 1.807) is 0 Å². The van der Waals surface area contributed by atoms with Crippen LogP contribution in [0.3, 0.4) is 0 Å². The molecule has 0 spiro atoms. The van der Waals surface area contributed by atoms with E-state index in [2.05, 4.69) is 220 Å². The molecule has 0 N–H and O–H groups in total. The molecule has 0 fully saturated rings. The van der Waals surface area contributed by atoms with Gasteiger partial charge in [0.05, 0.1) is 0 Å². The van der Waals surface area contributed by atoms with Crippen LogP contribution in [0.25, 0.3) is 0 Å². The van der Waals surface area contributed by atoms with Gasteiger partial charge in [0.25, 0.3) is 0 Å². The van der Waals surface area contributed by atoms with Gasteiger partial charge in [0, 0.05) is 28.2 Å². The summed E-state index contributed by atoms with van der Waals surface area (Å²) in [4.78, 5) is 4.86. The van der Waals surface area contributed by atoms with Crippen LogP contribution in [0.5, 0.6) is 0 Å². The molecule has 0 saturated heterocycles. The monoisotopic (exact) mass is 636 g/mol. The van der Waals surface area contributed by atoms with Crippen LogP contribution in [0.1, 0.15) is 0 Å². The summed E-state index contributed by atoms with van der Waals surface area (Å²) < 4.78 is 0. The standard InChI is InChI=1S/C42H42N2P2/c1-43(2)41(45(35-23-11-5-12-24-35,36-25-13-6-14-26-36)37-27-15-7-16-28-37)42(44(3)4)46(38-29-17-8-18-30-38,39-31-19-9-20-32-39)40-33-21-10-22-34-40/h5-34H,1-4H3/q+2/b42-41+. The molecule has 0 radical (unpaired) electrons. The van der Waals surface area contributed by atoms with Gasteiger partial charge in [0.1, 0.15) is 31.8 Å². The molecule has 0 aliphatic carbocycles. The second kappa shape index (κ2) is 13.9. The molecule has 0 bridgehead atoms. The Kier molecular flexibility index (Phi) is 9.51. The third kappa shape index (κ3) is 5.47. The SMILES string of the molecule is CN(C)/C(=C(/N(C)C)[P+](c1ccccc1)(c1ccccc1)c1ccccc1)[P+](c1ccccc1)(c1ccccc1)c1ccccc1. The van der Waals surface area contributed by atoms with Crippen LogP contribution < -0.4 is 31.8 Å². The molecule has 4 heteroatoms. The minimum atomic E-state index is -2.50. The van der Waals surface area contributed by atoms with E-state index in [-0.39, 0.29) is 0 Å². The lowest BCUT2D eigenvalue weighted by Crippen LogP contribution is -2.42. The summed E-state index contributed by atoms with van der Waals surface area (Å²) in [5.74, 6) is 0. The normalized spacial score (nSPS) is 12.3. The molecule has 0 heterocycles. The molecule has 2 nitrogen and oxygen atoms in total. The van der Waals surface area contributed by atoms with Crippen molar-refractivity contribution in [3.8, 4) is 0 Å². The van der Waals surface area contributed by atoms with Crippen LogP contribution in [0, 0.1) is 0 Å². The van der Waals surface area contributed by atoms with Gasteiger partial charge >= 0.3 is 0 Å². The number of rotatable bonds is 10. The van der Waals surface area contributed by atoms with E-state index in [0.717, 1.165) is 0 Å². The summed E-state index contributed by atoms with van der Waals surface area (Å²) in [5, 5.41) is 8.02. The predicted octanol–water partition coefficient (Wildman–Crippen LogP) is 7.22. The van der Waals surface area contributed by atoms with Crippen LogP contribution in [0.2, 0.25) is 0 Å². The summed E-state index contributed by atoms with van der Waals surface area (Å²) >= 11 is 0. The fourth-order valence-corrected chi connectivity index (χ4v) is 16.9. The van der Waals surface area contributed by atoms with Crippen LogP contribution in [0.15, 0.2) is 193 Å². The first-order chi connectivity index (χ1) is 22.5. The molecule has 0 amide bonds. The lowest BCUT2D eigenvalue weighted by molar-refractivity contribution is 0.489. The third-order valence-corrected chi connectivity index (χ3v) is 17.7. The minimum absolute atomic E-state index is 1.34. The highest BCUT2D eigenvalue weighted by atomic mass is 31.2. The van der Waals surface area contributed by atoms with Crippen LogP contribution in [-0.4, -0.2) is 38.0 Å². The van der Waals surface area contributed by atoms with E-state index in [1.165, 1.54) is 42.7 Å². The van der Waals surface area contributed by atoms with Gasteiger partial charge in [0.15, 0.2) is 14.5 Å². The molecular formula is C42H42N2P2+2. The van der Waals surface area contributed by atoms with Gasteiger partial charge in [0.2, 0.25) is 10.9 Å². The van der Waals surface area contributed by atoms with Crippen LogP contribution in [-0.2, 0) is 0 Å². The quantitative estimate of drug-likeness (QED) is 0.147. The van der Waals surface area contributed by atoms with E-state index in [4.69, 9.17) is 0 Å². The Labute approximate surface area is 276 Å². The zero-order chi connectivity index (χ0) is 32.0. The average Bonchev–Trinajstić information content (AvgIpc) is 3.12. The van der Waals surface area contributed by atoms with Crippen molar-refractivity contribution < 1.29 is 0 Å². The third-order valence-electron chi connectivity index (χ3n) is 8.54. The fourth-order valence-electron chi connectivity index (χ4n) is 6.84. The summed E-state index contributed by atoms with van der Waals surface area (Å²) in [7, 11) is 4.00. The number of benzene rings is 6. The average molecular weight is 637 g/mol. The van der Waals surface area contributed by atoms with E-state index < -0.39 is 14.5 Å². The number of nitrogens with zero attached hydrogens (tertiary/aromatic N) is 2. The largest absolute Gasteiger partial charge is 0.344 e. The maximum absolute atomic E-state index is 2.50. The van der Waals surface area contributed by atoms with Gasteiger partial charge in [-0.3, -0.25) is 0 Å². The Hall–Kier alpha value is -4.48. The Bertz CT molecular complexity index is 1520. The van der Waals surface area contributed by atoms with Crippen molar-refractivity contribution in [1.29, 1.82) is 0 Å². The topological polar surface area (TPSA) is 6.48 Å². The summed E-state index contributed by atoms with van der Waals surface area (Å²) in [6.07, 6.45) is 0. The number of hydrogen-bond acceptors (Lipinski definition) is 2. The predicted molar refractivity (Wildman–Crippen MR) is 205 cm³/mol. The van der Waals surface area contributed by atoms with E-state index in [9.17, 15) is 0 Å². The molecule has 6 rings (SSSR count). The maximum Gasteiger partial charge on any atom is 0.235 e. The van der Waals surface area contributed by atoms with Gasteiger partial charge in [-0.15, -0.1) is 0 Å². The van der Waals surface area contributed by atoms with Crippen molar-refractivity contribution >= 4 is 46.4 Å². The molecule has 228 valence electrons. The first kappa shape index (κ1) is 31.5. The molecule has 6 aromatic rings. The summed E-state index contributed by atoms with van der Waals surface area (Å²) in [6.45, 7) is 0. The first-order valence-electron chi connectivity index (χ1n) is 15.7. The van der Waals surface area contributed by atoms with Crippen molar-refractivity contribution in [2.24, 2.45) is 0 Å². The maximum atomic E-state index is 2.43. The molecule has 0 aromatic heterocycles. The Morgan fingerprint density at radius 1 is 0.283 bits per heavy atom. The molecule has 0 atom stereocenters. The van der Waals surface area contributed by atoms with Crippen molar-refractivity contribution in [3.63, 3.8) is 0 Å². The van der Waals surface area contributed by atoms with Gasteiger partial charge < -0.3 is 9.80 Å². The van der Waals surface area contributed by atoms with Gasteiger partial charge in [-0.05, 0) is 72.8 Å². The zero-order valence-electron chi connectivity index (χ0n) is 27.1. The van der Waals surface area contributed by atoms with Crippen LogP contribution in [0.4, 0.5) is 0 Å². The molecule has 0 saturated carbocycles. The Morgan fingerprint density at radius 3 is 0.565 bits per heavy atom. The van der Waals surface area contributed by atoms with Crippen molar-refractivity contribution in [2.45, 2.75) is 0 Å². The van der Waals surface area contributed by atoms with Crippen molar-refractivity contribution in [1.82, 2.24) is 9.80 Å². The summed E-state index contributed by atoms with van der Waals surface area (Å²) in [5.41, 5.74) is 2.71. The second-order valence-corrected chi connectivity index (χ2v) is 18.4. The lowest BCUT2D eigenvalue weighted by Gasteiger charge is -2.39. The first-order valence-corrected chi connectivity index (χ1v) is 19.3. The highest BCUT2D eigenvalue weighted by Gasteiger charge is 2.61. The smallest absolute Gasteiger partial charge is 0.235 e. The van der Waals surface area contributed by atoms with E-state index in [1.807, 2.05) is 0 Å². The highest BCUT2D eigenvalue weighted by molar-refractivity contribution is 8.02. The molecule has 0 aliphatic rings.